The van der Waals surface area contributed by atoms with E-state index in [1.807, 2.05) is 19.1 Å². The first-order valence-electron chi connectivity index (χ1n) is 3.22. The van der Waals surface area contributed by atoms with Gasteiger partial charge in [0.1, 0.15) is 11.2 Å². The minimum Gasteiger partial charge on any atom is -0.460 e. The molecule has 0 aromatic carbocycles. The average molecular weight is 137 g/mol. The van der Waals surface area contributed by atoms with Crippen LogP contribution in [0.4, 0.5) is 0 Å². The summed E-state index contributed by atoms with van der Waals surface area (Å²) in [4.78, 5) is 0. The van der Waals surface area contributed by atoms with E-state index < -0.39 is 0 Å². The SMILES string of the molecule is C=c1oc(CN)c/c1=C/C. The molecule has 0 atom stereocenters. The molecule has 2 heteroatoms. The van der Waals surface area contributed by atoms with Crippen LogP contribution in [0.15, 0.2) is 10.5 Å². The molecule has 2 N–H and O–H groups in total. The Kier molecular flexibility index (Phi) is 1.92. The van der Waals surface area contributed by atoms with Crippen molar-refractivity contribution in [3.05, 3.63) is 22.5 Å². The van der Waals surface area contributed by atoms with E-state index in [4.69, 9.17) is 10.2 Å². The number of furan rings is 1. The van der Waals surface area contributed by atoms with Crippen molar-refractivity contribution < 1.29 is 4.42 Å². The van der Waals surface area contributed by atoms with E-state index in [1.165, 1.54) is 0 Å². The van der Waals surface area contributed by atoms with E-state index in [2.05, 4.69) is 6.58 Å². The molecular weight excluding hydrogens is 126 g/mol. The Bertz CT molecular complexity index is 310. The van der Waals surface area contributed by atoms with Crippen LogP contribution in [0.5, 0.6) is 0 Å². The highest BCUT2D eigenvalue weighted by Gasteiger charge is 1.92. The lowest BCUT2D eigenvalue weighted by atomic mass is 10.3. The van der Waals surface area contributed by atoms with Gasteiger partial charge in [-0.05, 0) is 13.0 Å². The van der Waals surface area contributed by atoms with Gasteiger partial charge in [-0.25, -0.2) is 0 Å². The molecule has 0 aliphatic carbocycles. The average Bonchev–Trinajstić information content (AvgIpc) is 2.30. The Labute approximate surface area is 59.6 Å². The van der Waals surface area contributed by atoms with Crippen molar-refractivity contribution >= 4 is 12.7 Å². The van der Waals surface area contributed by atoms with Gasteiger partial charge in [-0.2, -0.15) is 0 Å². The van der Waals surface area contributed by atoms with Gasteiger partial charge in [0.15, 0.2) is 0 Å². The first kappa shape index (κ1) is 7.09. The molecule has 2 nitrogen and oxygen atoms in total. The molecule has 0 fully saturated rings. The molecular formula is C8H11NO. The van der Waals surface area contributed by atoms with Crippen LogP contribution in [-0.4, -0.2) is 0 Å². The monoisotopic (exact) mass is 137 g/mol. The molecule has 0 saturated heterocycles. The van der Waals surface area contributed by atoms with Gasteiger partial charge in [0.05, 0.1) is 6.54 Å². The predicted octanol–water partition coefficient (Wildman–Crippen LogP) is -0.0510. The summed E-state index contributed by atoms with van der Waals surface area (Å²) >= 11 is 0. The van der Waals surface area contributed by atoms with Gasteiger partial charge in [0.2, 0.25) is 0 Å². The highest BCUT2D eigenvalue weighted by Crippen LogP contribution is 1.86. The van der Waals surface area contributed by atoms with Gasteiger partial charge in [0, 0.05) is 5.22 Å². The first-order valence-corrected chi connectivity index (χ1v) is 3.22. The van der Waals surface area contributed by atoms with Crippen molar-refractivity contribution in [1.82, 2.24) is 0 Å². The molecule has 1 rings (SSSR count). The van der Waals surface area contributed by atoms with Crippen molar-refractivity contribution in [3.63, 3.8) is 0 Å². The van der Waals surface area contributed by atoms with Crippen molar-refractivity contribution in [1.29, 1.82) is 0 Å². The fourth-order valence-electron chi connectivity index (χ4n) is 0.845. The molecule has 0 unspecified atom stereocenters. The topological polar surface area (TPSA) is 39.2 Å². The van der Waals surface area contributed by atoms with Gasteiger partial charge in [0.25, 0.3) is 0 Å². The van der Waals surface area contributed by atoms with E-state index >= 15 is 0 Å². The van der Waals surface area contributed by atoms with Crippen molar-refractivity contribution in [2.45, 2.75) is 13.5 Å². The van der Waals surface area contributed by atoms with E-state index in [1.54, 1.807) is 0 Å². The second-order valence-electron chi connectivity index (χ2n) is 2.08. The summed E-state index contributed by atoms with van der Waals surface area (Å²) in [6.07, 6.45) is 1.95. The van der Waals surface area contributed by atoms with Crippen molar-refractivity contribution in [2.75, 3.05) is 0 Å². The summed E-state index contributed by atoms with van der Waals surface area (Å²) in [5, 5.41) is 1.03. The number of nitrogens with two attached hydrogens (primary N) is 1. The third-order valence-electron chi connectivity index (χ3n) is 1.40. The van der Waals surface area contributed by atoms with Crippen LogP contribution in [0.3, 0.4) is 0 Å². The zero-order valence-electron chi connectivity index (χ0n) is 6.05. The molecule has 0 saturated carbocycles. The molecule has 1 aromatic heterocycles. The molecule has 54 valence electrons. The summed E-state index contributed by atoms with van der Waals surface area (Å²) < 4.78 is 5.19. The van der Waals surface area contributed by atoms with Gasteiger partial charge < -0.3 is 10.2 Å². The normalized spacial score (nSPS) is 12.4. The molecule has 0 radical (unpaired) electrons. The molecule has 0 spiro atoms. The highest BCUT2D eigenvalue weighted by molar-refractivity contribution is 5.21. The Morgan fingerprint density at radius 2 is 2.50 bits per heavy atom. The predicted molar refractivity (Wildman–Crippen MR) is 41.5 cm³/mol. The summed E-state index contributed by atoms with van der Waals surface area (Å²) in [7, 11) is 0. The summed E-state index contributed by atoms with van der Waals surface area (Å²) in [5.41, 5.74) is 6.05. The summed E-state index contributed by atoms with van der Waals surface area (Å²) in [6, 6.07) is 1.91. The zero-order chi connectivity index (χ0) is 7.56. The van der Waals surface area contributed by atoms with Crippen molar-refractivity contribution in [2.24, 2.45) is 5.73 Å². The second-order valence-corrected chi connectivity index (χ2v) is 2.08. The minimum atomic E-state index is 0.441. The lowest BCUT2D eigenvalue weighted by molar-refractivity contribution is 0.484. The number of rotatable bonds is 1. The summed E-state index contributed by atoms with van der Waals surface area (Å²) in [5.74, 6) is 0.790. The van der Waals surface area contributed by atoms with Crippen LogP contribution >= 0.6 is 0 Å². The maximum atomic E-state index is 5.35. The molecule has 0 aliphatic rings. The van der Waals surface area contributed by atoms with Crippen LogP contribution in [0.25, 0.3) is 12.7 Å². The Hall–Kier alpha value is -1.02. The highest BCUT2D eigenvalue weighted by atomic mass is 16.3. The molecule has 0 aliphatic heterocycles. The van der Waals surface area contributed by atoms with Gasteiger partial charge in [-0.1, -0.05) is 12.7 Å². The summed E-state index contributed by atoms with van der Waals surface area (Å²) in [6.45, 7) is 6.09. The zero-order valence-corrected chi connectivity index (χ0v) is 6.05. The first-order chi connectivity index (χ1) is 4.77. The molecule has 0 amide bonds. The third kappa shape index (κ3) is 1.11. The molecule has 1 aromatic rings. The molecule has 0 bridgehead atoms. The minimum absolute atomic E-state index is 0.441. The lowest BCUT2D eigenvalue weighted by Gasteiger charge is -1.81. The van der Waals surface area contributed by atoms with Crippen LogP contribution < -0.4 is 16.4 Å². The molecule has 10 heavy (non-hydrogen) atoms. The van der Waals surface area contributed by atoms with Crippen LogP contribution in [0.2, 0.25) is 0 Å². The van der Waals surface area contributed by atoms with Crippen molar-refractivity contribution in [3.8, 4) is 0 Å². The lowest BCUT2D eigenvalue weighted by Crippen LogP contribution is -2.15. The Morgan fingerprint density at radius 3 is 2.80 bits per heavy atom. The van der Waals surface area contributed by atoms with E-state index in [9.17, 15) is 0 Å². The molecule has 1 heterocycles. The second kappa shape index (κ2) is 2.71. The third-order valence-corrected chi connectivity index (χ3v) is 1.40. The Balaban J connectivity index is 3.31. The number of hydrogen-bond acceptors (Lipinski definition) is 2. The maximum absolute atomic E-state index is 5.35. The van der Waals surface area contributed by atoms with Crippen LogP contribution in [0, 0.1) is 0 Å². The van der Waals surface area contributed by atoms with Gasteiger partial charge >= 0.3 is 0 Å². The van der Waals surface area contributed by atoms with Gasteiger partial charge in [-0.15, -0.1) is 0 Å². The van der Waals surface area contributed by atoms with E-state index in [-0.39, 0.29) is 0 Å². The maximum Gasteiger partial charge on any atom is 0.126 e. The van der Waals surface area contributed by atoms with E-state index in [0.717, 1.165) is 11.0 Å². The fraction of sp³-hybridized carbons (Fsp3) is 0.250. The van der Waals surface area contributed by atoms with E-state index in [0.29, 0.717) is 12.0 Å². The van der Waals surface area contributed by atoms with Gasteiger partial charge in [-0.3, -0.25) is 0 Å². The standard InChI is InChI=1S/C8H11NO/c1-3-7-4-8(5-9)10-6(7)2/h3-4H,2,5,9H2,1H3/b7-3-. The van der Waals surface area contributed by atoms with Crippen LogP contribution in [0.1, 0.15) is 12.7 Å². The van der Waals surface area contributed by atoms with Crippen LogP contribution in [-0.2, 0) is 6.54 Å². The largest absolute Gasteiger partial charge is 0.460 e. The number of hydrogen-bond donors (Lipinski definition) is 1. The smallest absolute Gasteiger partial charge is 0.126 e. The quantitative estimate of drug-likeness (QED) is 0.589. The fourth-order valence-corrected chi connectivity index (χ4v) is 0.845. The Morgan fingerprint density at radius 1 is 1.80 bits per heavy atom.